The van der Waals surface area contributed by atoms with Gasteiger partial charge in [0.05, 0.1) is 19.3 Å². The molecule has 84 valence electrons. The molecule has 0 aliphatic carbocycles. The van der Waals surface area contributed by atoms with E-state index < -0.39 is 0 Å². The fraction of sp³-hybridized carbons (Fsp3) is 1.00. The summed E-state index contributed by atoms with van der Waals surface area (Å²) in [6.45, 7) is 5.65. The summed E-state index contributed by atoms with van der Waals surface area (Å²) in [4.78, 5) is 2.35. The van der Waals surface area contributed by atoms with Gasteiger partial charge in [-0.15, -0.1) is 0 Å². The van der Waals surface area contributed by atoms with Crippen molar-refractivity contribution in [3.05, 3.63) is 0 Å². The van der Waals surface area contributed by atoms with Crippen LogP contribution in [0.25, 0.3) is 0 Å². The summed E-state index contributed by atoms with van der Waals surface area (Å²) in [6, 6.07) is 0.453. The average Bonchev–Trinajstić information content (AvgIpc) is 2.21. The largest absolute Gasteiger partial charge is 0.394 e. The molecule has 0 amide bonds. The van der Waals surface area contributed by atoms with E-state index in [-0.39, 0.29) is 12.7 Å². The lowest BCUT2D eigenvalue weighted by Crippen LogP contribution is -2.49. The van der Waals surface area contributed by atoms with Crippen LogP contribution in [0.4, 0.5) is 0 Å². The summed E-state index contributed by atoms with van der Waals surface area (Å²) in [5.41, 5.74) is 0. The van der Waals surface area contributed by atoms with Crippen molar-refractivity contribution in [2.24, 2.45) is 0 Å². The number of methoxy groups -OCH3 is 1. The molecular weight excluding hydrogens is 182 g/mol. The highest BCUT2D eigenvalue weighted by molar-refractivity contribution is 4.76. The highest BCUT2D eigenvalue weighted by Gasteiger charge is 2.24. The van der Waals surface area contributed by atoms with Gasteiger partial charge in [0.2, 0.25) is 0 Å². The van der Waals surface area contributed by atoms with Crippen LogP contribution in [-0.2, 0) is 9.47 Å². The number of rotatable bonds is 5. The third kappa shape index (κ3) is 3.53. The Labute approximate surface area is 85.8 Å². The SMILES string of the molecule is COCCCN1CC(CO)OCC1C. The molecule has 0 aromatic rings. The highest BCUT2D eigenvalue weighted by Crippen LogP contribution is 2.11. The number of aliphatic hydroxyl groups is 1. The van der Waals surface area contributed by atoms with Gasteiger partial charge in [0, 0.05) is 32.8 Å². The molecule has 4 nitrogen and oxygen atoms in total. The zero-order valence-corrected chi connectivity index (χ0v) is 9.11. The van der Waals surface area contributed by atoms with E-state index in [1.54, 1.807) is 7.11 Å². The van der Waals surface area contributed by atoms with Crippen molar-refractivity contribution in [1.82, 2.24) is 4.90 Å². The van der Waals surface area contributed by atoms with E-state index in [1.165, 1.54) is 0 Å². The number of hydrogen-bond donors (Lipinski definition) is 1. The van der Waals surface area contributed by atoms with Crippen LogP contribution in [0.2, 0.25) is 0 Å². The van der Waals surface area contributed by atoms with Gasteiger partial charge in [-0.2, -0.15) is 0 Å². The monoisotopic (exact) mass is 203 g/mol. The summed E-state index contributed by atoms with van der Waals surface area (Å²) in [7, 11) is 1.72. The molecule has 1 aliphatic rings. The van der Waals surface area contributed by atoms with E-state index in [9.17, 15) is 0 Å². The van der Waals surface area contributed by atoms with Crippen LogP contribution in [-0.4, -0.2) is 62.2 Å². The van der Waals surface area contributed by atoms with E-state index in [1.807, 2.05) is 0 Å². The Hall–Kier alpha value is -0.160. The van der Waals surface area contributed by atoms with Gasteiger partial charge in [0.15, 0.2) is 0 Å². The molecule has 1 aliphatic heterocycles. The van der Waals surface area contributed by atoms with Gasteiger partial charge in [0.25, 0.3) is 0 Å². The normalized spacial score (nSPS) is 29.4. The van der Waals surface area contributed by atoms with Crippen LogP contribution in [0.5, 0.6) is 0 Å². The fourth-order valence-electron chi connectivity index (χ4n) is 1.71. The lowest BCUT2D eigenvalue weighted by Gasteiger charge is -2.37. The van der Waals surface area contributed by atoms with Crippen LogP contribution >= 0.6 is 0 Å². The first-order valence-electron chi connectivity index (χ1n) is 5.23. The predicted molar refractivity (Wildman–Crippen MR) is 54.4 cm³/mol. The molecule has 1 rings (SSSR count). The Morgan fingerprint density at radius 1 is 1.57 bits per heavy atom. The van der Waals surface area contributed by atoms with Crippen LogP contribution < -0.4 is 0 Å². The fourth-order valence-corrected chi connectivity index (χ4v) is 1.71. The topological polar surface area (TPSA) is 41.9 Å². The lowest BCUT2D eigenvalue weighted by atomic mass is 10.2. The molecule has 0 aromatic heterocycles. The number of nitrogens with zero attached hydrogens (tertiary/aromatic N) is 1. The van der Waals surface area contributed by atoms with Gasteiger partial charge in [-0.1, -0.05) is 0 Å². The Bertz CT molecular complexity index is 154. The number of ether oxygens (including phenoxy) is 2. The van der Waals surface area contributed by atoms with Crippen molar-refractivity contribution in [2.45, 2.75) is 25.5 Å². The van der Waals surface area contributed by atoms with Gasteiger partial charge >= 0.3 is 0 Å². The van der Waals surface area contributed by atoms with Crippen LogP contribution in [0.3, 0.4) is 0 Å². The summed E-state index contributed by atoms with van der Waals surface area (Å²) in [5.74, 6) is 0. The number of hydrogen-bond acceptors (Lipinski definition) is 4. The highest BCUT2D eigenvalue weighted by atomic mass is 16.5. The van der Waals surface area contributed by atoms with Gasteiger partial charge < -0.3 is 14.6 Å². The zero-order valence-electron chi connectivity index (χ0n) is 9.11. The second kappa shape index (κ2) is 6.35. The smallest absolute Gasteiger partial charge is 0.0933 e. The first-order chi connectivity index (χ1) is 6.77. The minimum atomic E-state index is -0.00579. The van der Waals surface area contributed by atoms with E-state index in [2.05, 4.69) is 11.8 Å². The van der Waals surface area contributed by atoms with Gasteiger partial charge in [-0.25, -0.2) is 0 Å². The van der Waals surface area contributed by atoms with Crippen molar-refractivity contribution >= 4 is 0 Å². The lowest BCUT2D eigenvalue weighted by molar-refractivity contribution is -0.0788. The van der Waals surface area contributed by atoms with E-state index in [0.717, 1.165) is 32.7 Å². The quantitative estimate of drug-likeness (QED) is 0.644. The van der Waals surface area contributed by atoms with Crippen molar-refractivity contribution in [3.63, 3.8) is 0 Å². The molecular formula is C10H21NO3. The van der Waals surface area contributed by atoms with E-state index >= 15 is 0 Å². The Morgan fingerprint density at radius 2 is 2.36 bits per heavy atom. The summed E-state index contributed by atoms with van der Waals surface area (Å²) in [6.07, 6.45) is 1.03. The maximum Gasteiger partial charge on any atom is 0.0933 e. The third-order valence-electron chi connectivity index (χ3n) is 2.63. The Balaban J connectivity index is 2.25. The summed E-state index contributed by atoms with van der Waals surface area (Å²) in [5, 5.41) is 8.99. The molecule has 0 saturated carbocycles. The predicted octanol–water partition coefficient (Wildman–Crippen LogP) is 0.104. The van der Waals surface area contributed by atoms with E-state index in [4.69, 9.17) is 14.6 Å². The third-order valence-corrected chi connectivity index (χ3v) is 2.63. The molecule has 2 unspecified atom stereocenters. The number of aliphatic hydroxyl groups excluding tert-OH is 1. The maximum absolute atomic E-state index is 8.99. The van der Waals surface area contributed by atoms with Crippen molar-refractivity contribution in [3.8, 4) is 0 Å². The first-order valence-corrected chi connectivity index (χ1v) is 5.23. The van der Waals surface area contributed by atoms with Gasteiger partial charge in [-0.05, 0) is 13.3 Å². The zero-order chi connectivity index (χ0) is 10.4. The summed E-state index contributed by atoms with van der Waals surface area (Å²) < 4.78 is 10.5. The van der Waals surface area contributed by atoms with Gasteiger partial charge in [0.1, 0.15) is 0 Å². The molecule has 1 N–H and O–H groups in total. The molecule has 14 heavy (non-hydrogen) atoms. The Kier molecular flexibility index (Phi) is 5.40. The first kappa shape index (κ1) is 11.9. The van der Waals surface area contributed by atoms with Crippen LogP contribution in [0.1, 0.15) is 13.3 Å². The minimum Gasteiger partial charge on any atom is -0.394 e. The molecule has 1 saturated heterocycles. The molecule has 0 bridgehead atoms. The van der Waals surface area contributed by atoms with Crippen LogP contribution in [0.15, 0.2) is 0 Å². The molecule has 0 radical (unpaired) electrons. The molecule has 4 heteroatoms. The minimum absolute atomic E-state index is 0.00579. The molecule has 1 heterocycles. The van der Waals surface area contributed by atoms with Crippen molar-refractivity contribution in [1.29, 1.82) is 0 Å². The number of morpholine rings is 1. The molecule has 2 atom stereocenters. The van der Waals surface area contributed by atoms with Crippen LogP contribution in [0, 0.1) is 0 Å². The average molecular weight is 203 g/mol. The molecule has 0 aromatic carbocycles. The molecule has 0 spiro atoms. The summed E-state index contributed by atoms with van der Waals surface area (Å²) >= 11 is 0. The second-order valence-electron chi connectivity index (χ2n) is 3.83. The van der Waals surface area contributed by atoms with E-state index in [0.29, 0.717) is 6.04 Å². The standard InChI is InChI=1S/C10H21NO3/c1-9-8-14-10(7-12)6-11(9)4-3-5-13-2/h9-10,12H,3-8H2,1-2H3. The second-order valence-corrected chi connectivity index (χ2v) is 3.83. The van der Waals surface area contributed by atoms with Gasteiger partial charge in [-0.3, -0.25) is 4.90 Å². The van der Waals surface area contributed by atoms with Crippen molar-refractivity contribution in [2.75, 3.05) is 40.0 Å². The molecule has 1 fully saturated rings. The van der Waals surface area contributed by atoms with Crippen molar-refractivity contribution < 1.29 is 14.6 Å². The Morgan fingerprint density at radius 3 is 3.00 bits per heavy atom. The maximum atomic E-state index is 8.99.